The number of halogens is 1. The van der Waals surface area contributed by atoms with Gasteiger partial charge in [0.15, 0.2) is 9.84 Å². The second-order valence-electron chi connectivity index (χ2n) is 8.43. The number of ether oxygens (including phenoxy) is 1. The number of nitrogens with one attached hydrogen (secondary N) is 1. The number of carbonyl (C=O) groups is 1. The average Bonchev–Trinajstić information content (AvgIpc) is 2.77. The van der Waals surface area contributed by atoms with Gasteiger partial charge in [-0.15, -0.1) is 0 Å². The normalized spacial score (nSPS) is 12.3. The molecule has 0 bridgehead atoms. The van der Waals surface area contributed by atoms with Crippen molar-refractivity contribution in [2.75, 3.05) is 24.1 Å². The highest BCUT2D eigenvalue weighted by molar-refractivity contribution is 7.90. The quantitative estimate of drug-likeness (QED) is 0.223. The third-order valence-electron chi connectivity index (χ3n) is 4.92. The highest BCUT2D eigenvalue weighted by Crippen LogP contribution is 2.30. The van der Waals surface area contributed by atoms with Gasteiger partial charge in [-0.05, 0) is 49.9 Å². The molecule has 0 unspecified atom stereocenters. The van der Waals surface area contributed by atoms with Gasteiger partial charge in [0.2, 0.25) is 5.95 Å². The molecule has 0 aliphatic carbocycles. The number of benzene rings is 1. The van der Waals surface area contributed by atoms with Gasteiger partial charge in [0.05, 0.1) is 18.0 Å². The first-order valence-corrected chi connectivity index (χ1v) is 13.3. The van der Waals surface area contributed by atoms with Gasteiger partial charge >= 0.3 is 5.97 Å². The minimum Gasteiger partial charge on any atom is -0.462 e. The number of aromatic nitrogens is 2. The fourth-order valence-corrected chi connectivity index (χ4v) is 3.60. The molecule has 0 spiro atoms. The summed E-state index contributed by atoms with van der Waals surface area (Å²) in [6, 6.07) is 5.76. The Morgan fingerprint density at radius 3 is 2.46 bits per heavy atom. The molecule has 192 valence electrons. The summed E-state index contributed by atoms with van der Waals surface area (Å²) in [4.78, 5) is 20.6. The topological polar surface area (TPSA) is 139 Å². The van der Waals surface area contributed by atoms with Crippen molar-refractivity contribution in [3.63, 3.8) is 0 Å². The Hall–Kier alpha value is -2.89. The third kappa shape index (κ3) is 8.68. The van der Waals surface area contributed by atoms with Crippen LogP contribution in [0.4, 0.5) is 10.3 Å². The second-order valence-corrected chi connectivity index (χ2v) is 10.6. The van der Waals surface area contributed by atoms with Gasteiger partial charge in [0.25, 0.3) is 5.79 Å². The van der Waals surface area contributed by atoms with Crippen molar-refractivity contribution in [3.8, 4) is 11.3 Å². The van der Waals surface area contributed by atoms with E-state index >= 15 is 0 Å². The van der Waals surface area contributed by atoms with Crippen molar-refractivity contribution < 1.29 is 32.6 Å². The molecule has 2 rings (SSSR count). The maximum Gasteiger partial charge on any atom is 0.366 e. The van der Waals surface area contributed by atoms with E-state index in [1.54, 1.807) is 31.2 Å². The molecule has 1 aromatic heterocycles. The van der Waals surface area contributed by atoms with Crippen LogP contribution >= 0.6 is 0 Å². The van der Waals surface area contributed by atoms with Gasteiger partial charge in [-0.3, -0.25) is 0 Å². The first kappa shape index (κ1) is 28.3. The van der Waals surface area contributed by atoms with E-state index < -0.39 is 27.4 Å². The molecule has 0 saturated heterocycles. The number of allylic oxidation sites excluding steroid dienone is 1. The summed E-state index contributed by atoms with van der Waals surface area (Å²) in [5.74, 6) is -4.31. The molecular weight excluding hydrogens is 477 g/mol. The molecule has 1 heterocycles. The molecule has 0 aliphatic heterocycles. The summed E-state index contributed by atoms with van der Waals surface area (Å²) < 4.78 is 41.4. The fraction of sp³-hybridized carbons (Fsp3) is 0.458. The summed E-state index contributed by atoms with van der Waals surface area (Å²) >= 11 is 0. The Morgan fingerprint density at radius 1 is 1.23 bits per heavy atom. The zero-order valence-corrected chi connectivity index (χ0v) is 21.1. The predicted octanol–water partition coefficient (Wildman–Crippen LogP) is 3.25. The van der Waals surface area contributed by atoms with Crippen LogP contribution < -0.4 is 5.32 Å². The molecule has 0 aliphatic rings. The maximum absolute atomic E-state index is 13.5. The number of esters is 1. The average molecular weight is 510 g/mol. The van der Waals surface area contributed by atoms with Crippen molar-refractivity contribution in [1.29, 1.82) is 0 Å². The van der Waals surface area contributed by atoms with E-state index in [1.807, 2.05) is 13.8 Å². The summed E-state index contributed by atoms with van der Waals surface area (Å²) in [6.07, 6.45) is 5.17. The second kappa shape index (κ2) is 12.2. The Morgan fingerprint density at radius 2 is 1.89 bits per heavy atom. The SMILES string of the molecule is CCOC(=O)C(O)(O)CCCC=Cc1c(-c2ccc(F)cc2)nc(NCS(C)(=O)=O)nc1C(C)C. The summed E-state index contributed by atoms with van der Waals surface area (Å²) in [6.45, 7) is 5.48. The van der Waals surface area contributed by atoms with Crippen LogP contribution in [-0.4, -0.2) is 59.1 Å². The van der Waals surface area contributed by atoms with Crippen molar-refractivity contribution in [1.82, 2.24) is 9.97 Å². The van der Waals surface area contributed by atoms with Gasteiger partial charge in [0.1, 0.15) is 11.7 Å². The number of carbonyl (C=O) groups excluding carboxylic acids is 1. The molecule has 3 N–H and O–H groups in total. The van der Waals surface area contributed by atoms with Crippen molar-refractivity contribution >= 4 is 27.8 Å². The first-order chi connectivity index (χ1) is 16.3. The van der Waals surface area contributed by atoms with E-state index in [2.05, 4.69) is 20.0 Å². The highest BCUT2D eigenvalue weighted by Gasteiger charge is 2.34. The molecule has 0 fully saturated rings. The monoisotopic (exact) mass is 509 g/mol. The van der Waals surface area contributed by atoms with Gasteiger partial charge < -0.3 is 20.3 Å². The van der Waals surface area contributed by atoms with Crippen molar-refractivity contribution in [2.24, 2.45) is 0 Å². The largest absolute Gasteiger partial charge is 0.462 e. The molecule has 35 heavy (non-hydrogen) atoms. The minimum atomic E-state index is -3.32. The molecule has 11 heteroatoms. The standard InChI is InChI=1S/C24H32FN3O6S/c1-5-34-22(29)24(30,31)14-8-6-7-9-19-20(16(2)3)27-23(26-15-35(4,32)33)28-21(19)17-10-12-18(25)13-11-17/h7,9-13,16,30-31H,5-6,8,14-15H2,1-4H3,(H,26,27,28). The molecule has 1 aromatic carbocycles. The van der Waals surface area contributed by atoms with Crippen LogP contribution in [0.1, 0.15) is 57.2 Å². The number of sulfone groups is 1. The zero-order chi connectivity index (χ0) is 26.2. The number of unbranched alkanes of at least 4 members (excludes halogenated alkanes) is 1. The number of hydrogen-bond donors (Lipinski definition) is 3. The lowest BCUT2D eigenvalue weighted by atomic mass is 9.97. The van der Waals surface area contributed by atoms with Crippen LogP contribution in [0.3, 0.4) is 0 Å². The van der Waals surface area contributed by atoms with E-state index in [9.17, 15) is 27.8 Å². The molecule has 0 saturated carbocycles. The fourth-order valence-electron chi connectivity index (χ4n) is 3.21. The molecule has 0 radical (unpaired) electrons. The van der Waals surface area contributed by atoms with Crippen LogP contribution in [0.25, 0.3) is 17.3 Å². The van der Waals surface area contributed by atoms with Crippen molar-refractivity contribution in [3.05, 3.63) is 47.4 Å². The van der Waals surface area contributed by atoms with E-state index in [0.717, 1.165) is 6.26 Å². The van der Waals surface area contributed by atoms with Crippen LogP contribution in [-0.2, 0) is 19.4 Å². The number of nitrogens with zero attached hydrogens (tertiary/aromatic N) is 2. The van der Waals surface area contributed by atoms with Gasteiger partial charge in [-0.1, -0.05) is 26.0 Å². The van der Waals surface area contributed by atoms with Crippen LogP contribution in [0.15, 0.2) is 30.3 Å². The zero-order valence-electron chi connectivity index (χ0n) is 20.3. The summed E-state index contributed by atoms with van der Waals surface area (Å²) in [7, 11) is -3.32. The van der Waals surface area contributed by atoms with E-state index in [4.69, 9.17) is 0 Å². The van der Waals surface area contributed by atoms with Crippen LogP contribution in [0, 0.1) is 5.82 Å². The van der Waals surface area contributed by atoms with Gasteiger partial charge in [-0.2, -0.15) is 0 Å². The molecular formula is C24H32FN3O6S. The molecule has 9 nitrogen and oxygen atoms in total. The number of hydrogen-bond acceptors (Lipinski definition) is 9. The molecule has 2 aromatic rings. The Kier molecular flexibility index (Phi) is 9.87. The lowest BCUT2D eigenvalue weighted by molar-refractivity contribution is -0.211. The third-order valence-corrected chi connectivity index (χ3v) is 5.58. The van der Waals surface area contributed by atoms with E-state index in [0.29, 0.717) is 35.4 Å². The molecule has 0 atom stereocenters. The van der Waals surface area contributed by atoms with E-state index in [-0.39, 0.29) is 30.8 Å². The number of rotatable bonds is 12. The van der Waals surface area contributed by atoms with E-state index in [1.165, 1.54) is 12.1 Å². The lowest BCUT2D eigenvalue weighted by Gasteiger charge is -2.18. The number of anilines is 1. The lowest BCUT2D eigenvalue weighted by Crippen LogP contribution is -2.39. The Labute approximate surface area is 205 Å². The van der Waals surface area contributed by atoms with Crippen LogP contribution in [0.2, 0.25) is 0 Å². The maximum atomic E-state index is 13.5. The van der Waals surface area contributed by atoms with Crippen LogP contribution in [0.5, 0.6) is 0 Å². The minimum absolute atomic E-state index is 0.0424. The number of aliphatic hydroxyl groups is 2. The first-order valence-electron chi connectivity index (χ1n) is 11.2. The smallest absolute Gasteiger partial charge is 0.366 e. The Balaban J connectivity index is 2.37. The Bertz CT molecular complexity index is 1150. The highest BCUT2D eigenvalue weighted by atomic mass is 32.2. The van der Waals surface area contributed by atoms with Gasteiger partial charge in [-0.25, -0.2) is 27.6 Å². The predicted molar refractivity (Wildman–Crippen MR) is 132 cm³/mol. The van der Waals surface area contributed by atoms with Crippen molar-refractivity contribution in [2.45, 2.75) is 51.7 Å². The van der Waals surface area contributed by atoms with Gasteiger partial charge in [0, 0.05) is 23.8 Å². The molecule has 0 amide bonds. The summed E-state index contributed by atoms with van der Waals surface area (Å²) in [5.41, 5.74) is 2.42. The summed E-state index contributed by atoms with van der Waals surface area (Å²) in [5, 5.41) is 22.4.